The van der Waals surface area contributed by atoms with E-state index in [9.17, 15) is 32.3 Å². The largest absolute Gasteiger partial charge is 0.506 e. The molecule has 0 saturated carbocycles. The number of rotatable bonds is 6. The van der Waals surface area contributed by atoms with Crippen LogP contribution in [0, 0.1) is 23.3 Å². The molecule has 0 aliphatic heterocycles. The quantitative estimate of drug-likeness (QED) is 0.0983. The lowest BCUT2D eigenvalue weighted by Gasteiger charge is -2.09. The molecule has 1 aromatic carbocycles. The van der Waals surface area contributed by atoms with E-state index in [1.165, 1.54) is 14.0 Å². The van der Waals surface area contributed by atoms with Gasteiger partial charge >= 0.3 is 5.97 Å². The van der Waals surface area contributed by atoms with Gasteiger partial charge in [0.25, 0.3) is 0 Å². The molecule has 0 heterocycles. The Balaban J connectivity index is 3.55. The molecule has 0 spiro atoms. The number of ether oxygens (including phenoxy) is 1. The third-order valence-electron chi connectivity index (χ3n) is 2.63. The lowest BCUT2D eigenvalue weighted by atomic mass is 10.1. The normalized spacial score (nSPS) is 12.1. The van der Waals surface area contributed by atoms with Gasteiger partial charge in [0, 0.05) is 7.05 Å². The molecule has 0 aromatic heterocycles. The minimum atomic E-state index is -2.17. The van der Waals surface area contributed by atoms with E-state index in [0.717, 1.165) is 0 Å². The van der Waals surface area contributed by atoms with Crippen molar-refractivity contribution in [3.8, 4) is 0 Å². The first-order chi connectivity index (χ1) is 11.2. The van der Waals surface area contributed by atoms with Crippen LogP contribution in [-0.4, -0.2) is 42.4 Å². The first kappa shape index (κ1) is 19.1. The number of amides is 1. The standard InChI is InChI=1S/C14H12F4N2O4/c1-3-24-14(23)8(5-19-20(2)6-21)13(22)7-4-9(15)11(17)12(18)10(7)16/h4-6,22H,3H2,1-2H3. The molecule has 0 fully saturated rings. The second kappa shape index (κ2) is 8.09. The third-order valence-corrected chi connectivity index (χ3v) is 2.63. The fraction of sp³-hybridized carbons (Fsp3) is 0.214. The van der Waals surface area contributed by atoms with E-state index >= 15 is 0 Å². The number of hydrogen-bond acceptors (Lipinski definition) is 5. The van der Waals surface area contributed by atoms with E-state index in [-0.39, 0.29) is 19.1 Å². The molecule has 0 saturated heterocycles. The first-order valence-electron chi connectivity index (χ1n) is 6.40. The Hall–Kier alpha value is -2.91. The predicted octanol–water partition coefficient (Wildman–Crippen LogP) is 2.15. The van der Waals surface area contributed by atoms with Crippen molar-refractivity contribution >= 4 is 24.4 Å². The average molecular weight is 348 g/mol. The van der Waals surface area contributed by atoms with Crippen molar-refractivity contribution in [1.29, 1.82) is 0 Å². The molecule has 0 aliphatic rings. The number of aliphatic hydroxyl groups is 1. The van der Waals surface area contributed by atoms with E-state index < -0.39 is 46.1 Å². The van der Waals surface area contributed by atoms with Crippen molar-refractivity contribution in [1.82, 2.24) is 5.01 Å². The monoisotopic (exact) mass is 348 g/mol. The SMILES string of the molecule is CCOC(=O)C(C=NN(C)C=O)=C(O)c1cc(F)c(F)c(F)c1F. The number of benzene rings is 1. The summed E-state index contributed by atoms with van der Waals surface area (Å²) in [6.45, 7) is 1.29. The van der Waals surface area contributed by atoms with Crippen LogP contribution in [-0.2, 0) is 14.3 Å². The lowest BCUT2D eigenvalue weighted by molar-refractivity contribution is -0.137. The highest BCUT2D eigenvalue weighted by molar-refractivity contribution is 6.15. The van der Waals surface area contributed by atoms with Crippen LogP contribution in [0.3, 0.4) is 0 Å². The topological polar surface area (TPSA) is 79.2 Å². The lowest BCUT2D eigenvalue weighted by Crippen LogP contribution is -2.15. The summed E-state index contributed by atoms with van der Waals surface area (Å²) in [7, 11) is 1.18. The summed E-state index contributed by atoms with van der Waals surface area (Å²) in [5, 5.41) is 14.1. The number of aliphatic hydroxyl groups excluding tert-OH is 1. The average Bonchev–Trinajstić information content (AvgIpc) is 2.56. The number of halogens is 4. The fourth-order valence-corrected chi connectivity index (χ4v) is 1.49. The zero-order valence-corrected chi connectivity index (χ0v) is 12.5. The summed E-state index contributed by atoms with van der Waals surface area (Å²) in [4.78, 5) is 22.2. The number of hydrazone groups is 1. The Morgan fingerprint density at radius 2 is 1.92 bits per heavy atom. The highest BCUT2D eigenvalue weighted by atomic mass is 19.2. The van der Waals surface area contributed by atoms with Gasteiger partial charge in [0.2, 0.25) is 6.41 Å². The molecule has 0 bridgehead atoms. The predicted molar refractivity (Wildman–Crippen MR) is 74.8 cm³/mol. The van der Waals surface area contributed by atoms with Crippen molar-refractivity contribution in [3.63, 3.8) is 0 Å². The molecule has 0 aliphatic carbocycles. The number of carbonyl (C=O) groups excluding carboxylic acids is 2. The van der Waals surface area contributed by atoms with Crippen LogP contribution in [0.1, 0.15) is 12.5 Å². The van der Waals surface area contributed by atoms with Gasteiger partial charge in [0.05, 0.1) is 18.4 Å². The molecular formula is C14H12F4N2O4. The molecule has 6 nitrogen and oxygen atoms in total. The van der Waals surface area contributed by atoms with Gasteiger partial charge in [-0.3, -0.25) is 4.79 Å². The van der Waals surface area contributed by atoms with Gasteiger partial charge in [-0.25, -0.2) is 27.4 Å². The van der Waals surface area contributed by atoms with Crippen LogP contribution >= 0.6 is 0 Å². The maximum absolute atomic E-state index is 13.7. The van der Waals surface area contributed by atoms with Crippen LogP contribution in [0.4, 0.5) is 17.6 Å². The molecule has 1 aromatic rings. The third kappa shape index (κ3) is 4.09. The summed E-state index contributed by atoms with van der Waals surface area (Å²) in [5.41, 5.74) is -1.91. The second-order valence-corrected chi connectivity index (χ2v) is 4.25. The molecule has 0 unspecified atom stereocenters. The molecule has 0 atom stereocenters. The molecular weight excluding hydrogens is 336 g/mol. The van der Waals surface area contributed by atoms with Crippen LogP contribution in [0.2, 0.25) is 0 Å². The maximum Gasteiger partial charge on any atom is 0.343 e. The van der Waals surface area contributed by atoms with Crippen molar-refractivity contribution in [2.24, 2.45) is 5.10 Å². The maximum atomic E-state index is 13.7. The van der Waals surface area contributed by atoms with Crippen molar-refractivity contribution in [2.75, 3.05) is 13.7 Å². The Labute approximate surface area is 133 Å². The van der Waals surface area contributed by atoms with Crippen LogP contribution < -0.4 is 0 Å². The van der Waals surface area contributed by atoms with Gasteiger partial charge in [0.15, 0.2) is 23.3 Å². The van der Waals surface area contributed by atoms with Gasteiger partial charge in [-0.05, 0) is 13.0 Å². The Bertz CT molecular complexity index is 719. The van der Waals surface area contributed by atoms with Crippen LogP contribution in [0.25, 0.3) is 5.76 Å². The van der Waals surface area contributed by atoms with E-state index in [1.54, 1.807) is 0 Å². The zero-order chi connectivity index (χ0) is 18.4. The van der Waals surface area contributed by atoms with E-state index in [2.05, 4.69) is 9.84 Å². The van der Waals surface area contributed by atoms with E-state index in [4.69, 9.17) is 0 Å². The summed E-state index contributed by atoms with van der Waals surface area (Å²) >= 11 is 0. The summed E-state index contributed by atoms with van der Waals surface area (Å²) < 4.78 is 57.8. The summed E-state index contributed by atoms with van der Waals surface area (Å²) in [6.07, 6.45) is 0.870. The molecule has 1 N–H and O–H groups in total. The smallest absolute Gasteiger partial charge is 0.343 e. The van der Waals surface area contributed by atoms with Crippen molar-refractivity contribution in [2.45, 2.75) is 6.92 Å². The van der Waals surface area contributed by atoms with Gasteiger partial charge < -0.3 is 9.84 Å². The fourth-order valence-electron chi connectivity index (χ4n) is 1.49. The van der Waals surface area contributed by atoms with Gasteiger partial charge in [-0.15, -0.1) is 0 Å². The molecule has 10 heteroatoms. The first-order valence-corrected chi connectivity index (χ1v) is 6.40. The van der Waals surface area contributed by atoms with E-state index in [0.29, 0.717) is 11.2 Å². The van der Waals surface area contributed by atoms with Gasteiger partial charge in [0.1, 0.15) is 11.3 Å². The number of nitrogens with zero attached hydrogens (tertiary/aromatic N) is 2. The minimum Gasteiger partial charge on any atom is -0.506 e. The van der Waals surface area contributed by atoms with Crippen molar-refractivity contribution < 1.29 is 37.0 Å². The highest BCUT2D eigenvalue weighted by Gasteiger charge is 2.25. The summed E-state index contributed by atoms with van der Waals surface area (Å²) in [6, 6.07) is 0.166. The molecule has 130 valence electrons. The van der Waals surface area contributed by atoms with E-state index in [1.807, 2.05) is 0 Å². The minimum absolute atomic E-state index is 0.137. The van der Waals surface area contributed by atoms with Crippen molar-refractivity contribution in [3.05, 3.63) is 40.5 Å². The number of carbonyl (C=O) groups is 2. The van der Waals surface area contributed by atoms with Crippen LogP contribution in [0.5, 0.6) is 0 Å². The molecule has 0 radical (unpaired) electrons. The Kier molecular flexibility index (Phi) is 6.45. The summed E-state index contributed by atoms with van der Waals surface area (Å²) in [5.74, 6) is -10.4. The molecule has 24 heavy (non-hydrogen) atoms. The number of hydrogen-bond donors (Lipinski definition) is 1. The Morgan fingerprint density at radius 1 is 1.29 bits per heavy atom. The van der Waals surface area contributed by atoms with Gasteiger partial charge in [-0.1, -0.05) is 0 Å². The highest BCUT2D eigenvalue weighted by Crippen LogP contribution is 2.25. The molecule has 1 amide bonds. The number of esters is 1. The zero-order valence-electron chi connectivity index (χ0n) is 12.5. The van der Waals surface area contributed by atoms with Crippen LogP contribution in [0.15, 0.2) is 16.7 Å². The molecule has 1 rings (SSSR count). The van der Waals surface area contributed by atoms with Gasteiger partial charge in [-0.2, -0.15) is 5.10 Å². The second-order valence-electron chi connectivity index (χ2n) is 4.25. The Morgan fingerprint density at radius 3 is 2.46 bits per heavy atom.